The third-order valence-electron chi connectivity index (χ3n) is 3.59. The third-order valence-corrected chi connectivity index (χ3v) is 4.77. The van der Waals surface area contributed by atoms with Crippen molar-refractivity contribution in [3.05, 3.63) is 50.9 Å². The summed E-state index contributed by atoms with van der Waals surface area (Å²) in [6, 6.07) is 6.79. The number of amides is 2. The molecule has 0 fully saturated rings. The van der Waals surface area contributed by atoms with Gasteiger partial charge in [0.15, 0.2) is 0 Å². The molecule has 0 aliphatic carbocycles. The Morgan fingerprint density at radius 1 is 1.08 bits per heavy atom. The zero-order valence-corrected chi connectivity index (χ0v) is 14.7. The molecule has 2 amide bonds. The second-order valence-electron chi connectivity index (χ2n) is 5.60. The molecule has 0 bridgehead atoms. The number of thiophene rings is 1. The highest BCUT2D eigenvalue weighted by atomic mass is 32.1. The van der Waals surface area contributed by atoms with Crippen LogP contribution >= 0.6 is 11.3 Å². The maximum absolute atomic E-state index is 12.6. The van der Waals surface area contributed by atoms with Gasteiger partial charge in [-0.05, 0) is 43.7 Å². The Balaban J connectivity index is 1.87. The van der Waals surface area contributed by atoms with Crippen LogP contribution in [0.25, 0.3) is 10.2 Å². The summed E-state index contributed by atoms with van der Waals surface area (Å²) in [4.78, 5) is 43.6. The quantitative estimate of drug-likeness (QED) is 0.671. The van der Waals surface area contributed by atoms with E-state index in [2.05, 4.69) is 20.6 Å². The highest BCUT2D eigenvalue weighted by Gasteiger charge is 2.19. The van der Waals surface area contributed by atoms with E-state index in [4.69, 9.17) is 0 Å². The van der Waals surface area contributed by atoms with Gasteiger partial charge in [0.2, 0.25) is 5.91 Å². The summed E-state index contributed by atoms with van der Waals surface area (Å²) < 4.78 is 0. The van der Waals surface area contributed by atoms with E-state index in [1.165, 1.54) is 18.3 Å². The van der Waals surface area contributed by atoms with E-state index in [1.807, 2.05) is 0 Å². The first kappa shape index (κ1) is 16.8. The molecule has 7 nitrogen and oxygen atoms in total. The number of hydrogen-bond donors (Lipinski definition) is 3. The molecule has 0 radical (unpaired) electrons. The number of aromatic nitrogens is 2. The van der Waals surface area contributed by atoms with Gasteiger partial charge < -0.3 is 15.6 Å². The topological polar surface area (TPSA) is 104 Å². The summed E-state index contributed by atoms with van der Waals surface area (Å²) in [5.74, 6) is 0.0507. The molecule has 3 N–H and O–H groups in total. The van der Waals surface area contributed by atoms with Gasteiger partial charge in [0, 0.05) is 18.3 Å². The monoisotopic (exact) mass is 356 g/mol. The summed E-state index contributed by atoms with van der Waals surface area (Å²) in [6.07, 6.45) is 0. The first-order valence-corrected chi connectivity index (χ1v) is 8.36. The lowest BCUT2D eigenvalue weighted by atomic mass is 10.2. The number of rotatable bonds is 3. The second kappa shape index (κ2) is 6.48. The molecule has 0 aliphatic heterocycles. The molecule has 2 heterocycles. The fraction of sp³-hybridized carbons (Fsp3) is 0.176. The molecule has 25 heavy (non-hydrogen) atoms. The summed E-state index contributed by atoms with van der Waals surface area (Å²) in [6.45, 7) is 4.86. The number of H-pyrrole nitrogens is 1. The Morgan fingerprint density at radius 2 is 1.68 bits per heavy atom. The summed E-state index contributed by atoms with van der Waals surface area (Å²) in [5.41, 5.74) is 1.61. The number of nitrogens with one attached hydrogen (secondary N) is 3. The Kier molecular flexibility index (Phi) is 4.37. The highest BCUT2D eigenvalue weighted by Crippen LogP contribution is 2.27. The van der Waals surface area contributed by atoms with Crippen molar-refractivity contribution in [2.45, 2.75) is 20.8 Å². The van der Waals surface area contributed by atoms with Crippen molar-refractivity contribution in [1.29, 1.82) is 0 Å². The molecule has 3 rings (SSSR count). The average molecular weight is 356 g/mol. The number of fused-ring (bicyclic) bond motifs is 1. The number of hydrogen-bond acceptors (Lipinski definition) is 5. The van der Waals surface area contributed by atoms with Crippen molar-refractivity contribution in [3.63, 3.8) is 0 Å². The number of anilines is 2. The number of aromatic amines is 1. The van der Waals surface area contributed by atoms with Gasteiger partial charge in [-0.25, -0.2) is 4.98 Å². The second-order valence-corrected chi connectivity index (χ2v) is 6.60. The van der Waals surface area contributed by atoms with Crippen LogP contribution in [0.4, 0.5) is 11.4 Å². The minimum absolute atomic E-state index is 0.161. The zero-order valence-electron chi connectivity index (χ0n) is 13.9. The van der Waals surface area contributed by atoms with Crippen LogP contribution in [-0.4, -0.2) is 21.8 Å². The highest BCUT2D eigenvalue weighted by molar-refractivity contribution is 7.20. The molecule has 0 aliphatic rings. The molecular formula is C17H16N4O3S. The van der Waals surface area contributed by atoms with E-state index in [9.17, 15) is 14.4 Å². The Hall–Kier alpha value is -3.00. The van der Waals surface area contributed by atoms with Gasteiger partial charge in [-0.15, -0.1) is 11.3 Å². The SMILES string of the molecule is CC(=O)Nc1ccc(NC(=O)c2sc3nc(C)[nH]c(=O)c3c2C)cc1. The number of carbonyl (C=O) groups is 2. The average Bonchev–Trinajstić information content (AvgIpc) is 2.85. The Labute approximate surface area is 147 Å². The van der Waals surface area contributed by atoms with Crippen molar-refractivity contribution in [2.24, 2.45) is 0 Å². The first-order chi connectivity index (χ1) is 11.8. The maximum Gasteiger partial charge on any atom is 0.266 e. The van der Waals surface area contributed by atoms with Crippen molar-refractivity contribution < 1.29 is 9.59 Å². The van der Waals surface area contributed by atoms with Crippen LogP contribution in [0, 0.1) is 13.8 Å². The van der Waals surface area contributed by atoms with Crippen LogP contribution in [0.15, 0.2) is 29.1 Å². The van der Waals surface area contributed by atoms with E-state index in [-0.39, 0.29) is 17.4 Å². The molecule has 0 saturated carbocycles. The first-order valence-electron chi connectivity index (χ1n) is 7.54. The van der Waals surface area contributed by atoms with Crippen molar-refractivity contribution in [1.82, 2.24) is 9.97 Å². The standard InChI is InChI=1S/C17H16N4O3S/c1-8-13-15(23)18-9(2)19-17(13)25-14(8)16(24)21-12-6-4-11(5-7-12)20-10(3)22/h4-7H,1-3H3,(H,20,22)(H,21,24)(H,18,19,23). The minimum atomic E-state index is -0.301. The summed E-state index contributed by atoms with van der Waals surface area (Å²) in [5, 5.41) is 5.90. The number of carbonyl (C=O) groups excluding carboxylic acids is 2. The molecule has 0 atom stereocenters. The van der Waals surface area contributed by atoms with Crippen LogP contribution in [0.1, 0.15) is 28.0 Å². The van der Waals surface area contributed by atoms with Gasteiger partial charge >= 0.3 is 0 Å². The molecule has 2 aromatic heterocycles. The number of aryl methyl sites for hydroxylation is 2. The van der Waals surface area contributed by atoms with E-state index >= 15 is 0 Å². The van der Waals surface area contributed by atoms with Crippen molar-refractivity contribution in [2.75, 3.05) is 10.6 Å². The lowest BCUT2D eigenvalue weighted by Crippen LogP contribution is -2.13. The summed E-state index contributed by atoms with van der Waals surface area (Å²) >= 11 is 1.19. The fourth-order valence-electron chi connectivity index (χ4n) is 2.50. The molecular weight excluding hydrogens is 340 g/mol. The van der Waals surface area contributed by atoms with Gasteiger partial charge in [0.1, 0.15) is 10.7 Å². The van der Waals surface area contributed by atoms with E-state index in [1.54, 1.807) is 38.1 Å². The zero-order chi connectivity index (χ0) is 18.1. The van der Waals surface area contributed by atoms with Crippen LogP contribution in [-0.2, 0) is 4.79 Å². The van der Waals surface area contributed by atoms with Gasteiger partial charge in [0.05, 0.1) is 10.3 Å². The van der Waals surface area contributed by atoms with Gasteiger partial charge in [-0.2, -0.15) is 0 Å². The van der Waals surface area contributed by atoms with Gasteiger partial charge in [-0.3, -0.25) is 14.4 Å². The van der Waals surface area contributed by atoms with Crippen molar-refractivity contribution in [3.8, 4) is 0 Å². The molecule has 1 aromatic carbocycles. The van der Waals surface area contributed by atoms with Crippen LogP contribution in [0.2, 0.25) is 0 Å². The van der Waals surface area contributed by atoms with E-state index in [0.717, 1.165) is 0 Å². The van der Waals surface area contributed by atoms with Crippen LogP contribution in [0.5, 0.6) is 0 Å². The predicted octanol–water partition coefficient (Wildman–Crippen LogP) is 2.81. The Bertz CT molecular complexity index is 1030. The maximum atomic E-state index is 12.6. The summed E-state index contributed by atoms with van der Waals surface area (Å²) in [7, 11) is 0. The molecule has 0 spiro atoms. The van der Waals surface area contributed by atoms with Gasteiger partial charge in [-0.1, -0.05) is 0 Å². The number of nitrogens with zero attached hydrogens (tertiary/aromatic N) is 1. The molecule has 0 saturated heterocycles. The predicted molar refractivity (Wildman–Crippen MR) is 98.4 cm³/mol. The Morgan fingerprint density at radius 3 is 2.28 bits per heavy atom. The minimum Gasteiger partial charge on any atom is -0.326 e. The smallest absolute Gasteiger partial charge is 0.266 e. The molecule has 3 aromatic rings. The molecule has 128 valence electrons. The van der Waals surface area contributed by atoms with E-state index < -0.39 is 0 Å². The van der Waals surface area contributed by atoms with Crippen LogP contribution in [0.3, 0.4) is 0 Å². The molecule has 0 unspecified atom stereocenters. The van der Waals surface area contributed by atoms with Crippen molar-refractivity contribution >= 4 is 44.7 Å². The van der Waals surface area contributed by atoms with Crippen LogP contribution < -0.4 is 16.2 Å². The normalized spacial score (nSPS) is 10.7. The molecule has 8 heteroatoms. The van der Waals surface area contributed by atoms with Gasteiger partial charge in [0.25, 0.3) is 11.5 Å². The fourth-order valence-corrected chi connectivity index (χ4v) is 3.62. The third kappa shape index (κ3) is 3.43. The number of benzene rings is 1. The van der Waals surface area contributed by atoms with E-state index in [0.29, 0.717) is 37.9 Å². The lowest BCUT2D eigenvalue weighted by molar-refractivity contribution is -0.114. The largest absolute Gasteiger partial charge is 0.326 e. The lowest BCUT2D eigenvalue weighted by Gasteiger charge is -2.06.